The summed E-state index contributed by atoms with van der Waals surface area (Å²) in [5.74, 6) is 0.385. The van der Waals surface area contributed by atoms with Gasteiger partial charge in [0.25, 0.3) is 0 Å². The molecule has 2 N–H and O–H groups in total. The van der Waals surface area contributed by atoms with E-state index < -0.39 is 0 Å². The third-order valence-electron chi connectivity index (χ3n) is 6.00. The summed E-state index contributed by atoms with van der Waals surface area (Å²) in [6.07, 6.45) is 41.3. The Morgan fingerprint density at radius 2 is 0.780 bits per heavy atom. The summed E-state index contributed by atoms with van der Waals surface area (Å²) in [6, 6.07) is 0. The minimum atomic E-state index is 0.141. The topological polar surface area (TPSA) is 40.5 Å². The molecule has 0 fully saturated rings. The first kappa shape index (κ1) is 37.4. The fourth-order valence-electron chi connectivity index (χ4n) is 3.35. The second kappa shape index (κ2) is 24.2. The molecule has 0 aromatic rings. The van der Waals surface area contributed by atoms with E-state index in [-0.39, 0.29) is 6.61 Å². The highest BCUT2D eigenvalue weighted by molar-refractivity contribution is 5.32. The maximum absolute atomic E-state index is 9.21. The lowest BCUT2D eigenvalue weighted by molar-refractivity contribution is 0.331. The molecule has 0 saturated carbocycles. The van der Waals surface area contributed by atoms with Gasteiger partial charge in [-0.3, -0.25) is 0 Å². The molecule has 0 amide bonds. The fourth-order valence-corrected chi connectivity index (χ4v) is 3.35. The van der Waals surface area contributed by atoms with Crippen molar-refractivity contribution < 1.29 is 10.2 Å². The van der Waals surface area contributed by atoms with Crippen LogP contribution in [0, 0.1) is 0 Å². The van der Waals surface area contributed by atoms with Gasteiger partial charge in [-0.2, -0.15) is 0 Å². The van der Waals surface area contributed by atoms with Crippen LogP contribution in [0.25, 0.3) is 0 Å². The summed E-state index contributed by atoms with van der Waals surface area (Å²) < 4.78 is 0. The molecule has 0 aliphatic heterocycles. The van der Waals surface area contributed by atoms with Gasteiger partial charge in [-0.05, 0) is 87.1 Å². The minimum Gasteiger partial charge on any atom is -0.513 e. The Kier molecular flexibility index (Phi) is 22.1. The summed E-state index contributed by atoms with van der Waals surface area (Å²) in [6.45, 7) is 16.4. The van der Waals surface area contributed by atoms with Crippen molar-refractivity contribution in [2.24, 2.45) is 0 Å². The molecule has 0 atom stereocenters. The highest BCUT2D eigenvalue weighted by atomic mass is 16.3. The van der Waals surface area contributed by atoms with Gasteiger partial charge in [-0.15, -0.1) is 0 Å². The van der Waals surface area contributed by atoms with E-state index in [4.69, 9.17) is 5.11 Å². The molecular formula is C39H54O2. The lowest BCUT2D eigenvalue weighted by Crippen LogP contribution is -1.84. The predicted molar refractivity (Wildman–Crippen MR) is 184 cm³/mol. The molecule has 2 nitrogen and oxygen atoms in total. The third kappa shape index (κ3) is 25.1. The molecule has 0 bridgehead atoms. The van der Waals surface area contributed by atoms with Gasteiger partial charge >= 0.3 is 0 Å². The van der Waals surface area contributed by atoms with Gasteiger partial charge in [0.15, 0.2) is 0 Å². The molecule has 0 spiro atoms. The third-order valence-corrected chi connectivity index (χ3v) is 6.00. The minimum absolute atomic E-state index is 0.141. The van der Waals surface area contributed by atoms with Gasteiger partial charge in [0.05, 0.1) is 12.4 Å². The Hall–Kier alpha value is -3.62. The van der Waals surface area contributed by atoms with Gasteiger partial charge in [-0.1, -0.05) is 142 Å². The highest BCUT2D eigenvalue weighted by Gasteiger charge is 1.90. The summed E-state index contributed by atoms with van der Waals surface area (Å²) in [7, 11) is 0. The van der Waals surface area contributed by atoms with E-state index in [2.05, 4.69) is 145 Å². The Bertz CT molecular complexity index is 1170. The van der Waals surface area contributed by atoms with Crippen LogP contribution in [0.1, 0.15) is 81.1 Å². The monoisotopic (exact) mass is 554 g/mol. The van der Waals surface area contributed by atoms with Crippen LogP contribution < -0.4 is 0 Å². The van der Waals surface area contributed by atoms with Crippen molar-refractivity contribution in [3.8, 4) is 0 Å². The van der Waals surface area contributed by atoms with E-state index in [0.29, 0.717) is 5.76 Å². The van der Waals surface area contributed by atoms with Crippen molar-refractivity contribution in [2.75, 3.05) is 6.61 Å². The Balaban J connectivity index is 4.70. The normalized spacial score (nSPS) is 16.2. The molecule has 41 heavy (non-hydrogen) atoms. The smallest absolute Gasteiger partial charge is 0.0852 e. The lowest BCUT2D eigenvalue weighted by atomic mass is 10.1. The van der Waals surface area contributed by atoms with E-state index in [1.54, 1.807) is 6.92 Å². The first-order valence-electron chi connectivity index (χ1n) is 14.5. The molecule has 0 heterocycles. The zero-order valence-electron chi connectivity index (χ0n) is 26.8. The largest absolute Gasteiger partial charge is 0.513 e. The second-order valence-corrected chi connectivity index (χ2v) is 10.6. The standard InChI is InChI=1S/C39H54O2/c1-32(19-11-21-34(3)23-13-25-36(5)27-15-29-38(7)31-40)17-9-10-18-33(2)20-12-22-35(4)24-14-26-37(6)28-16-30-39(8)41/h9-14,17-26,29-30,40-41H,15-16,27-28,31H2,1-8H3/b10-9+,19-11+,20-12+,23-13+,24-14+,32-17+,33-18+,34-21+,35-22+,36-25+,37-26+,38-29+,39-30+. The molecule has 0 aromatic heterocycles. The maximum Gasteiger partial charge on any atom is 0.0852 e. The van der Waals surface area contributed by atoms with Crippen molar-refractivity contribution in [3.05, 3.63) is 154 Å². The van der Waals surface area contributed by atoms with Crippen LogP contribution in [0.4, 0.5) is 0 Å². The van der Waals surface area contributed by atoms with Crippen molar-refractivity contribution in [2.45, 2.75) is 81.1 Å². The average Bonchev–Trinajstić information content (AvgIpc) is 2.90. The van der Waals surface area contributed by atoms with Crippen LogP contribution >= 0.6 is 0 Å². The van der Waals surface area contributed by atoms with Crippen molar-refractivity contribution >= 4 is 0 Å². The summed E-state index contributed by atoms with van der Waals surface area (Å²) >= 11 is 0. The Labute approximate surface area is 251 Å². The predicted octanol–water partition coefficient (Wildman–Crippen LogP) is 11.4. The number of hydrogen-bond acceptors (Lipinski definition) is 2. The molecule has 0 aromatic carbocycles. The zero-order valence-corrected chi connectivity index (χ0v) is 26.8. The molecule has 0 radical (unpaired) electrons. The van der Waals surface area contributed by atoms with Gasteiger partial charge in [0.2, 0.25) is 0 Å². The van der Waals surface area contributed by atoms with Crippen LogP contribution in [0.5, 0.6) is 0 Å². The summed E-state index contributed by atoms with van der Waals surface area (Å²) in [5.41, 5.74) is 8.41. The number of aliphatic hydroxyl groups is 2. The SMILES string of the molecule is C/C(O)=C\CC/C(C)=C/C=C/C(C)=C/C=C/C(C)=C/C=C/C=C(C)/C=C/C=C(C)/C=C/C=C(\C)CC/C=C(\C)CO. The van der Waals surface area contributed by atoms with E-state index in [1.165, 1.54) is 33.4 Å². The fraction of sp³-hybridized carbons (Fsp3) is 0.333. The molecule has 2 heteroatoms. The van der Waals surface area contributed by atoms with Gasteiger partial charge < -0.3 is 10.2 Å². The Morgan fingerprint density at radius 3 is 1.15 bits per heavy atom. The molecule has 0 rings (SSSR count). The second-order valence-electron chi connectivity index (χ2n) is 10.6. The molecular weight excluding hydrogens is 500 g/mol. The van der Waals surface area contributed by atoms with E-state index in [0.717, 1.165) is 31.3 Å². The lowest BCUT2D eigenvalue weighted by Gasteiger charge is -1.98. The molecule has 222 valence electrons. The van der Waals surface area contributed by atoms with Crippen LogP contribution in [-0.4, -0.2) is 16.8 Å². The van der Waals surface area contributed by atoms with Gasteiger partial charge in [0.1, 0.15) is 0 Å². The van der Waals surface area contributed by atoms with E-state index in [9.17, 15) is 5.11 Å². The Morgan fingerprint density at radius 1 is 0.439 bits per heavy atom. The quantitative estimate of drug-likeness (QED) is 0.107. The van der Waals surface area contributed by atoms with Crippen LogP contribution in [0.2, 0.25) is 0 Å². The van der Waals surface area contributed by atoms with Crippen LogP contribution in [0.15, 0.2) is 154 Å². The number of aliphatic hydroxyl groups excluding tert-OH is 2. The zero-order chi connectivity index (χ0) is 30.9. The average molecular weight is 555 g/mol. The van der Waals surface area contributed by atoms with Crippen LogP contribution in [0.3, 0.4) is 0 Å². The first-order chi connectivity index (χ1) is 19.5. The van der Waals surface area contributed by atoms with Gasteiger partial charge in [-0.25, -0.2) is 0 Å². The van der Waals surface area contributed by atoms with E-state index >= 15 is 0 Å². The summed E-state index contributed by atoms with van der Waals surface area (Å²) in [5, 5.41) is 18.3. The van der Waals surface area contributed by atoms with Crippen molar-refractivity contribution in [3.63, 3.8) is 0 Å². The summed E-state index contributed by atoms with van der Waals surface area (Å²) in [4.78, 5) is 0. The first-order valence-corrected chi connectivity index (χ1v) is 14.5. The molecule has 0 aliphatic carbocycles. The number of rotatable bonds is 17. The highest BCUT2D eigenvalue weighted by Crippen LogP contribution is 2.09. The molecule has 0 unspecified atom stereocenters. The maximum atomic E-state index is 9.21. The van der Waals surface area contributed by atoms with Crippen LogP contribution in [-0.2, 0) is 0 Å². The van der Waals surface area contributed by atoms with Gasteiger partial charge in [0, 0.05) is 0 Å². The van der Waals surface area contributed by atoms with E-state index in [1.807, 2.05) is 13.0 Å². The molecule has 0 saturated heterocycles. The number of hydrogen-bond donors (Lipinski definition) is 2. The van der Waals surface area contributed by atoms with Crippen molar-refractivity contribution in [1.82, 2.24) is 0 Å². The number of allylic oxidation sites excluding steroid dienone is 25. The molecule has 0 aliphatic rings. The van der Waals surface area contributed by atoms with Crippen molar-refractivity contribution in [1.29, 1.82) is 0 Å².